The summed E-state index contributed by atoms with van der Waals surface area (Å²) < 4.78 is 12.2. The van der Waals surface area contributed by atoms with Crippen LogP contribution in [-0.4, -0.2) is 40.7 Å². The van der Waals surface area contributed by atoms with Gasteiger partial charge in [-0.2, -0.15) is 0 Å². The molecule has 2 aromatic carbocycles. The number of fused-ring (bicyclic) bond motifs is 1. The van der Waals surface area contributed by atoms with Crippen molar-refractivity contribution in [2.75, 3.05) is 19.7 Å². The fraction of sp³-hybridized carbons (Fsp3) is 0.419. The van der Waals surface area contributed by atoms with Crippen LogP contribution in [0.15, 0.2) is 48.7 Å². The minimum atomic E-state index is -0.783. The average Bonchev–Trinajstić information content (AvgIpc) is 3.43. The molecule has 1 fully saturated rings. The van der Waals surface area contributed by atoms with Gasteiger partial charge in [0.25, 0.3) is 0 Å². The molecule has 2 aliphatic heterocycles. The van der Waals surface area contributed by atoms with E-state index in [0.717, 1.165) is 60.5 Å². The van der Waals surface area contributed by atoms with Crippen molar-refractivity contribution in [3.8, 4) is 22.8 Å². The normalized spacial score (nSPS) is 18.0. The van der Waals surface area contributed by atoms with Gasteiger partial charge >= 0.3 is 5.97 Å². The van der Waals surface area contributed by atoms with Crippen LogP contribution >= 0.6 is 11.6 Å². The zero-order chi connectivity index (χ0) is 26.6. The van der Waals surface area contributed by atoms with Crippen molar-refractivity contribution >= 4 is 17.6 Å². The van der Waals surface area contributed by atoms with Gasteiger partial charge in [0.15, 0.2) is 0 Å². The third-order valence-corrected chi connectivity index (χ3v) is 7.85. The number of carboxylic acids is 1. The maximum atomic E-state index is 11.3. The molecule has 0 aliphatic carbocycles. The summed E-state index contributed by atoms with van der Waals surface area (Å²) in [5.41, 5.74) is 6.55. The predicted molar refractivity (Wildman–Crippen MR) is 149 cm³/mol. The molecule has 2 unspecified atom stereocenters. The molecule has 200 valence electrons. The first-order valence-electron chi connectivity index (χ1n) is 13.6. The number of aromatic nitrogens is 1. The van der Waals surface area contributed by atoms with Gasteiger partial charge in [0, 0.05) is 18.2 Å². The number of aryl methyl sites for hydroxylation is 1. The van der Waals surface area contributed by atoms with Crippen molar-refractivity contribution in [1.82, 2.24) is 9.88 Å². The number of benzene rings is 2. The second-order valence-corrected chi connectivity index (χ2v) is 10.8. The van der Waals surface area contributed by atoms with Crippen molar-refractivity contribution in [3.05, 3.63) is 75.9 Å². The number of halogens is 1. The van der Waals surface area contributed by atoms with Crippen molar-refractivity contribution in [3.63, 3.8) is 0 Å². The fourth-order valence-corrected chi connectivity index (χ4v) is 5.66. The number of carboxylic acid groups (broad SMARTS) is 1. The number of pyridine rings is 1. The number of hydrogen-bond donors (Lipinski definition) is 1. The standard InChI is InChI=1S/C31H35ClN2O4/c1-3-37-30-17-26(27(32)18-33-30)25-10-8-23(16-24(25)19-34-12-4-5-13-34)28-11-9-22-7-6-21(15-29(22)38-28)14-20(2)31(35)36/h6-8,10,15-18,20,28H,3-5,9,11-14,19H2,1-2H3,(H,35,36). The Balaban J connectivity index is 1.45. The van der Waals surface area contributed by atoms with Crippen LogP contribution in [0, 0.1) is 5.92 Å². The molecule has 2 atom stereocenters. The molecule has 38 heavy (non-hydrogen) atoms. The molecule has 3 heterocycles. The van der Waals surface area contributed by atoms with Crippen LogP contribution in [0.25, 0.3) is 11.1 Å². The Labute approximate surface area is 229 Å². The van der Waals surface area contributed by atoms with Gasteiger partial charge < -0.3 is 14.6 Å². The lowest BCUT2D eigenvalue weighted by molar-refractivity contribution is -0.141. The maximum absolute atomic E-state index is 11.3. The van der Waals surface area contributed by atoms with Crippen molar-refractivity contribution < 1.29 is 19.4 Å². The van der Waals surface area contributed by atoms with Crippen molar-refractivity contribution in [2.24, 2.45) is 5.92 Å². The summed E-state index contributed by atoms with van der Waals surface area (Å²) >= 11 is 6.64. The monoisotopic (exact) mass is 534 g/mol. The molecule has 1 aromatic heterocycles. The molecule has 5 rings (SSSR count). The molecular formula is C31H35ClN2O4. The summed E-state index contributed by atoms with van der Waals surface area (Å²) in [6.07, 6.45) is 6.36. The quantitative estimate of drug-likeness (QED) is 0.328. The van der Waals surface area contributed by atoms with E-state index in [4.69, 9.17) is 21.1 Å². The smallest absolute Gasteiger partial charge is 0.306 e. The number of carbonyl (C=O) groups is 1. The molecule has 7 heteroatoms. The third kappa shape index (κ3) is 5.97. The largest absolute Gasteiger partial charge is 0.485 e. The van der Waals surface area contributed by atoms with E-state index < -0.39 is 11.9 Å². The molecule has 0 bridgehead atoms. The lowest BCUT2D eigenvalue weighted by atomic mass is 9.91. The average molecular weight is 535 g/mol. The van der Waals surface area contributed by atoms with Crippen LogP contribution in [0.4, 0.5) is 0 Å². The number of nitrogens with zero attached hydrogens (tertiary/aromatic N) is 2. The van der Waals surface area contributed by atoms with E-state index in [2.05, 4.69) is 34.1 Å². The van der Waals surface area contributed by atoms with Gasteiger partial charge in [-0.15, -0.1) is 0 Å². The molecule has 0 spiro atoms. The Kier molecular flexibility index (Phi) is 8.20. The molecule has 3 aromatic rings. The van der Waals surface area contributed by atoms with E-state index in [0.29, 0.717) is 23.9 Å². The molecule has 0 radical (unpaired) electrons. The third-order valence-electron chi connectivity index (χ3n) is 7.55. The second-order valence-electron chi connectivity index (χ2n) is 10.4. The van der Waals surface area contributed by atoms with E-state index in [1.807, 2.05) is 25.1 Å². The van der Waals surface area contributed by atoms with Gasteiger partial charge in [-0.25, -0.2) is 4.98 Å². The van der Waals surface area contributed by atoms with Gasteiger partial charge in [-0.05, 0) is 86.0 Å². The number of hydrogen-bond acceptors (Lipinski definition) is 5. The molecule has 6 nitrogen and oxygen atoms in total. The molecule has 0 amide bonds. The van der Waals surface area contributed by atoms with Crippen molar-refractivity contribution in [1.29, 1.82) is 0 Å². The first-order valence-corrected chi connectivity index (χ1v) is 13.9. The van der Waals surface area contributed by atoms with Gasteiger partial charge in [-0.1, -0.05) is 48.9 Å². The minimum absolute atomic E-state index is 0.0621. The van der Waals surface area contributed by atoms with Crippen molar-refractivity contribution in [2.45, 2.75) is 58.6 Å². The summed E-state index contributed by atoms with van der Waals surface area (Å²) in [6, 6.07) is 14.6. The molecule has 1 N–H and O–H groups in total. The molecule has 1 saturated heterocycles. The number of aliphatic carboxylic acids is 1. The highest BCUT2D eigenvalue weighted by atomic mass is 35.5. The van der Waals surface area contributed by atoms with E-state index in [9.17, 15) is 9.90 Å². The second kappa shape index (κ2) is 11.7. The van der Waals surface area contributed by atoms with Crippen LogP contribution in [-0.2, 0) is 24.2 Å². The first kappa shape index (κ1) is 26.5. The Hall–Kier alpha value is -3.09. The van der Waals surface area contributed by atoms with Crippen LogP contribution in [0.5, 0.6) is 11.6 Å². The lowest BCUT2D eigenvalue weighted by Crippen LogP contribution is -2.20. The SMILES string of the molecule is CCOc1cc(-c2ccc(C3CCc4ccc(CC(C)C(=O)O)cc4O3)cc2CN2CCCC2)c(Cl)cn1. The van der Waals surface area contributed by atoms with Crippen LogP contribution in [0.2, 0.25) is 5.02 Å². The Morgan fingerprint density at radius 3 is 2.76 bits per heavy atom. The topological polar surface area (TPSA) is 71.9 Å². The summed E-state index contributed by atoms with van der Waals surface area (Å²) in [7, 11) is 0. The molecule has 0 saturated carbocycles. The zero-order valence-corrected chi connectivity index (χ0v) is 22.8. The van der Waals surface area contributed by atoms with E-state index >= 15 is 0 Å². The summed E-state index contributed by atoms with van der Waals surface area (Å²) in [5, 5.41) is 9.92. The highest BCUT2D eigenvalue weighted by Gasteiger charge is 2.25. The summed E-state index contributed by atoms with van der Waals surface area (Å²) in [5.74, 6) is 0.217. The Morgan fingerprint density at radius 2 is 2.00 bits per heavy atom. The van der Waals surface area contributed by atoms with Crippen LogP contribution in [0.1, 0.15) is 61.5 Å². The number of ether oxygens (including phenoxy) is 2. The zero-order valence-electron chi connectivity index (χ0n) is 22.1. The van der Waals surface area contributed by atoms with Crippen LogP contribution < -0.4 is 9.47 Å². The van der Waals surface area contributed by atoms with Gasteiger partial charge in [0.05, 0.1) is 23.7 Å². The van der Waals surface area contributed by atoms with Crippen LogP contribution in [0.3, 0.4) is 0 Å². The highest BCUT2D eigenvalue weighted by molar-refractivity contribution is 6.33. The summed E-state index contributed by atoms with van der Waals surface area (Å²) in [6.45, 7) is 7.28. The lowest BCUT2D eigenvalue weighted by Gasteiger charge is -2.28. The van der Waals surface area contributed by atoms with E-state index in [-0.39, 0.29) is 6.10 Å². The van der Waals surface area contributed by atoms with E-state index in [1.54, 1.807) is 13.1 Å². The Morgan fingerprint density at radius 1 is 1.18 bits per heavy atom. The van der Waals surface area contributed by atoms with Gasteiger partial charge in [0.2, 0.25) is 5.88 Å². The van der Waals surface area contributed by atoms with Gasteiger partial charge in [0.1, 0.15) is 11.9 Å². The molecular weight excluding hydrogens is 500 g/mol. The molecule has 2 aliphatic rings. The minimum Gasteiger partial charge on any atom is -0.485 e. The Bertz CT molecular complexity index is 1310. The fourth-order valence-electron chi connectivity index (χ4n) is 5.46. The first-order chi connectivity index (χ1) is 18.4. The van der Waals surface area contributed by atoms with Gasteiger partial charge in [-0.3, -0.25) is 9.69 Å². The van der Waals surface area contributed by atoms with E-state index in [1.165, 1.54) is 24.0 Å². The predicted octanol–water partition coefficient (Wildman–Crippen LogP) is 6.73. The maximum Gasteiger partial charge on any atom is 0.306 e. The number of rotatable bonds is 9. The summed E-state index contributed by atoms with van der Waals surface area (Å²) in [4.78, 5) is 18.1. The highest BCUT2D eigenvalue weighted by Crippen LogP contribution is 2.39. The number of likely N-dealkylation sites (tertiary alicyclic amines) is 1.